The van der Waals surface area contributed by atoms with Gasteiger partial charge in [-0.05, 0) is 57.9 Å². The third kappa shape index (κ3) is 3.64. The Hall–Kier alpha value is -1.22. The van der Waals surface area contributed by atoms with Crippen molar-refractivity contribution in [2.24, 2.45) is 0 Å². The summed E-state index contributed by atoms with van der Waals surface area (Å²) in [5, 5.41) is 3.58. The molecule has 2 unspecified atom stereocenters. The Morgan fingerprint density at radius 2 is 1.78 bits per heavy atom. The molecule has 1 aliphatic rings. The number of rotatable bonds is 4. The Kier molecular flexibility index (Phi) is 4.48. The predicted molar refractivity (Wildman–Crippen MR) is 74.3 cm³/mol. The van der Waals surface area contributed by atoms with Gasteiger partial charge in [0, 0.05) is 11.7 Å². The lowest BCUT2D eigenvalue weighted by atomic mass is 9.99. The number of nitrogens with one attached hydrogen (secondary N) is 1. The summed E-state index contributed by atoms with van der Waals surface area (Å²) < 4.78 is 11.2. The molecule has 1 aliphatic heterocycles. The number of hydrogen-bond acceptors (Lipinski definition) is 3. The Balaban J connectivity index is 1.92. The van der Waals surface area contributed by atoms with Gasteiger partial charge in [-0.25, -0.2) is 0 Å². The van der Waals surface area contributed by atoms with E-state index in [0.29, 0.717) is 24.9 Å². The Bertz CT molecular complexity index is 353. The van der Waals surface area contributed by atoms with E-state index in [4.69, 9.17) is 9.47 Å². The zero-order chi connectivity index (χ0) is 13.0. The van der Waals surface area contributed by atoms with Crippen LogP contribution in [0.1, 0.15) is 33.6 Å². The summed E-state index contributed by atoms with van der Waals surface area (Å²) in [6, 6.07) is 8.68. The van der Waals surface area contributed by atoms with Gasteiger partial charge in [-0.2, -0.15) is 0 Å². The summed E-state index contributed by atoms with van der Waals surface area (Å²) in [5.74, 6) is 0.928. The van der Waals surface area contributed by atoms with E-state index in [1.54, 1.807) is 0 Å². The molecule has 0 amide bonds. The quantitative estimate of drug-likeness (QED) is 0.886. The van der Waals surface area contributed by atoms with Crippen LogP contribution in [0.3, 0.4) is 0 Å². The molecule has 0 spiro atoms. The average molecular weight is 249 g/mol. The fourth-order valence-electron chi connectivity index (χ4n) is 2.57. The summed E-state index contributed by atoms with van der Waals surface area (Å²) in [6.07, 6.45) is 2.82. The van der Waals surface area contributed by atoms with E-state index < -0.39 is 0 Å². The molecule has 1 saturated heterocycles. The molecule has 0 aromatic heterocycles. The molecule has 18 heavy (non-hydrogen) atoms. The van der Waals surface area contributed by atoms with E-state index in [0.717, 1.165) is 24.3 Å². The molecule has 0 aliphatic carbocycles. The Labute approximate surface area is 109 Å². The second-order valence-electron chi connectivity index (χ2n) is 5.03. The summed E-state index contributed by atoms with van der Waals surface area (Å²) in [5.41, 5.74) is 1.16. The number of anilines is 1. The summed E-state index contributed by atoms with van der Waals surface area (Å²) >= 11 is 0. The highest BCUT2D eigenvalue weighted by atomic mass is 16.5. The van der Waals surface area contributed by atoms with Crippen molar-refractivity contribution < 1.29 is 9.47 Å². The van der Waals surface area contributed by atoms with E-state index in [1.165, 1.54) is 0 Å². The highest BCUT2D eigenvalue weighted by Gasteiger charge is 2.24. The average Bonchev–Trinajstić information content (AvgIpc) is 2.31. The minimum absolute atomic E-state index is 0.342. The van der Waals surface area contributed by atoms with Crippen LogP contribution < -0.4 is 10.1 Å². The van der Waals surface area contributed by atoms with Crippen molar-refractivity contribution >= 4 is 5.69 Å². The van der Waals surface area contributed by atoms with Crippen molar-refractivity contribution in [1.82, 2.24) is 0 Å². The van der Waals surface area contributed by atoms with Crippen LogP contribution in [0, 0.1) is 0 Å². The second kappa shape index (κ2) is 6.10. The van der Waals surface area contributed by atoms with E-state index in [1.807, 2.05) is 19.1 Å². The minimum atomic E-state index is 0.342. The van der Waals surface area contributed by atoms with Gasteiger partial charge in [-0.15, -0.1) is 0 Å². The molecule has 0 bridgehead atoms. The molecule has 2 rings (SSSR count). The standard InChI is InChI=1S/C15H23NO2/c1-4-17-15-7-5-13(6-8-15)16-14-9-11(2)18-12(3)10-14/h5-8,11-12,14,16H,4,9-10H2,1-3H3. The van der Waals surface area contributed by atoms with Crippen LogP contribution in [0.25, 0.3) is 0 Å². The zero-order valence-corrected chi connectivity index (χ0v) is 11.5. The van der Waals surface area contributed by atoms with Crippen molar-refractivity contribution in [3.63, 3.8) is 0 Å². The number of benzene rings is 1. The Morgan fingerprint density at radius 3 is 2.33 bits per heavy atom. The first kappa shape index (κ1) is 13.2. The molecule has 2 atom stereocenters. The number of hydrogen-bond donors (Lipinski definition) is 1. The smallest absolute Gasteiger partial charge is 0.119 e. The van der Waals surface area contributed by atoms with Crippen LogP contribution in [0.4, 0.5) is 5.69 Å². The maximum absolute atomic E-state index is 5.75. The summed E-state index contributed by atoms with van der Waals surface area (Å²) in [4.78, 5) is 0. The predicted octanol–water partition coefficient (Wildman–Crippen LogP) is 3.45. The van der Waals surface area contributed by atoms with Gasteiger partial charge in [0.1, 0.15) is 5.75 Å². The maximum atomic E-state index is 5.75. The molecule has 1 N–H and O–H groups in total. The molecule has 1 fully saturated rings. The third-order valence-electron chi connectivity index (χ3n) is 3.23. The Morgan fingerprint density at radius 1 is 1.17 bits per heavy atom. The minimum Gasteiger partial charge on any atom is -0.494 e. The fraction of sp³-hybridized carbons (Fsp3) is 0.600. The third-order valence-corrected chi connectivity index (χ3v) is 3.23. The highest BCUT2D eigenvalue weighted by molar-refractivity contribution is 5.47. The van der Waals surface area contributed by atoms with Crippen molar-refractivity contribution in [3.8, 4) is 5.75 Å². The van der Waals surface area contributed by atoms with Crippen LogP contribution in [0.15, 0.2) is 24.3 Å². The first-order valence-corrected chi connectivity index (χ1v) is 6.82. The van der Waals surface area contributed by atoms with Crippen molar-refractivity contribution in [2.45, 2.75) is 51.9 Å². The molecule has 1 heterocycles. The molecule has 3 heteroatoms. The molecular weight excluding hydrogens is 226 g/mol. The molecule has 1 aromatic rings. The maximum Gasteiger partial charge on any atom is 0.119 e. The molecule has 100 valence electrons. The molecule has 1 aromatic carbocycles. The van der Waals surface area contributed by atoms with Gasteiger partial charge in [-0.3, -0.25) is 0 Å². The highest BCUT2D eigenvalue weighted by Crippen LogP contribution is 2.23. The first-order chi connectivity index (χ1) is 8.67. The van der Waals surface area contributed by atoms with Crippen LogP contribution in [0.2, 0.25) is 0 Å². The second-order valence-corrected chi connectivity index (χ2v) is 5.03. The lowest BCUT2D eigenvalue weighted by Crippen LogP contribution is -2.36. The van der Waals surface area contributed by atoms with Crippen molar-refractivity contribution in [2.75, 3.05) is 11.9 Å². The molecule has 0 saturated carbocycles. The van der Waals surface area contributed by atoms with Gasteiger partial charge in [0.25, 0.3) is 0 Å². The van der Waals surface area contributed by atoms with Gasteiger partial charge in [0.2, 0.25) is 0 Å². The van der Waals surface area contributed by atoms with Crippen LogP contribution >= 0.6 is 0 Å². The zero-order valence-electron chi connectivity index (χ0n) is 11.5. The molecular formula is C15H23NO2. The van der Waals surface area contributed by atoms with E-state index in [9.17, 15) is 0 Å². The first-order valence-electron chi connectivity index (χ1n) is 6.82. The normalized spacial score (nSPS) is 27.8. The summed E-state index contributed by atoms with van der Waals surface area (Å²) in [7, 11) is 0. The van der Waals surface area contributed by atoms with Crippen LogP contribution in [0.5, 0.6) is 5.75 Å². The molecule has 0 radical (unpaired) electrons. The lowest BCUT2D eigenvalue weighted by Gasteiger charge is -2.33. The monoisotopic (exact) mass is 249 g/mol. The van der Waals surface area contributed by atoms with Gasteiger partial charge < -0.3 is 14.8 Å². The van der Waals surface area contributed by atoms with Gasteiger partial charge >= 0.3 is 0 Å². The summed E-state index contributed by atoms with van der Waals surface area (Å²) in [6.45, 7) is 6.99. The topological polar surface area (TPSA) is 30.5 Å². The molecule has 3 nitrogen and oxygen atoms in total. The van der Waals surface area contributed by atoms with E-state index in [-0.39, 0.29) is 0 Å². The van der Waals surface area contributed by atoms with Crippen LogP contribution in [-0.2, 0) is 4.74 Å². The van der Waals surface area contributed by atoms with E-state index >= 15 is 0 Å². The lowest BCUT2D eigenvalue weighted by molar-refractivity contribution is -0.0337. The van der Waals surface area contributed by atoms with Gasteiger partial charge in [-0.1, -0.05) is 0 Å². The van der Waals surface area contributed by atoms with E-state index in [2.05, 4.69) is 31.3 Å². The SMILES string of the molecule is CCOc1ccc(NC2CC(C)OC(C)C2)cc1. The van der Waals surface area contributed by atoms with Crippen LogP contribution in [-0.4, -0.2) is 24.9 Å². The largest absolute Gasteiger partial charge is 0.494 e. The van der Waals surface area contributed by atoms with Gasteiger partial charge in [0.05, 0.1) is 18.8 Å². The number of ether oxygens (including phenoxy) is 2. The van der Waals surface area contributed by atoms with Gasteiger partial charge in [0.15, 0.2) is 0 Å². The fourth-order valence-corrected chi connectivity index (χ4v) is 2.57. The van der Waals surface area contributed by atoms with Crippen molar-refractivity contribution in [3.05, 3.63) is 24.3 Å². The van der Waals surface area contributed by atoms with Crippen molar-refractivity contribution in [1.29, 1.82) is 0 Å².